The van der Waals surface area contributed by atoms with Crippen LogP contribution in [0.3, 0.4) is 0 Å². The Morgan fingerprint density at radius 1 is 1.13 bits per heavy atom. The van der Waals surface area contributed by atoms with E-state index >= 15 is 0 Å². The molecule has 0 amide bonds. The van der Waals surface area contributed by atoms with E-state index in [2.05, 4.69) is 43.7 Å². The highest BCUT2D eigenvalue weighted by atomic mass is 16.5. The predicted octanol–water partition coefficient (Wildman–Crippen LogP) is 3.41. The van der Waals surface area contributed by atoms with Crippen molar-refractivity contribution in [2.24, 2.45) is 13.0 Å². The second-order valence-corrected chi connectivity index (χ2v) is 8.24. The number of aryl methyl sites for hydroxylation is 1. The molecule has 4 rings (SSSR count). The molecule has 0 saturated carbocycles. The number of imidazole rings is 1. The first-order valence-electron chi connectivity index (χ1n) is 10.7. The van der Waals surface area contributed by atoms with Gasteiger partial charge in [-0.3, -0.25) is 9.78 Å². The molecule has 6 nitrogen and oxygen atoms in total. The SMILES string of the molecule is COCCN1CCC(C(=O)Cc2cc3cc(-c4cnc(C)n4C)ccc3cn2)CC1. The number of fused-ring (bicyclic) bond motifs is 1. The third-order valence-electron chi connectivity index (χ3n) is 6.30. The fraction of sp³-hybridized carbons (Fsp3) is 0.458. The number of benzene rings is 1. The van der Waals surface area contributed by atoms with Gasteiger partial charge in [-0.15, -0.1) is 0 Å². The number of aromatic nitrogens is 3. The number of hydrogen-bond donors (Lipinski definition) is 0. The van der Waals surface area contributed by atoms with Gasteiger partial charge in [-0.25, -0.2) is 4.98 Å². The van der Waals surface area contributed by atoms with Crippen LogP contribution in [0.25, 0.3) is 22.0 Å². The fourth-order valence-corrected chi connectivity index (χ4v) is 4.23. The number of rotatable bonds is 7. The molecule has 0 spiro atoms. The number of Topliss-reactive ketones (excluding diaryl/α,β-unsaturated/α-hetero) is 1. The van der Waals surface area contributed by atoms with E-state index in [0.717, 1.165) is 72.6 Å². The van der Waals surface area contributed by atoms with Crippen molar-refractivity contribution in [3.8, 4) is 11.3 Å². The lowest BCUT2D eigenvalue weighted by atomic mass is 9.90. The first kappa shape index (κ1) is 20.7. The van der Waals surface area contributed by atoms with Crippen molar-refractivity contribution < 1.29 is 9.53 Å². The van der Waals surface area contributed by atoms with Crippen LogP contribution >= 0.6 is 0 Å². The van der Waals surface area contributed by atoms with Crippen LogP contribution in [0.1, 0.15) is 24.4 Å². The average molecular weight is 407 g/mol. The van der Waals surface area contributed by atoms with Crippen molar-refractivity contribution in [3.05, 3.63) is 48.2 Å². The van der Waals surface area contributed by atoms with Gasteiger partial charge in [-0.2, -0.15) is 0 Å². The third-order valence-corrected chi connectivity index (χ3v) is 6.30. The van der Waals surface area contributed by atoms with Gasteiger partial charge in [0, 0.05) is 55.9 Å². The molecule has 1 aliphatic rings. The number of carbonyl (C=O) groups excluding carboxylic acids is 1. The van der Waals surface area contributed by atoms with E-state index in [0.29, 0.717) is 12.2 Å². The number of likely N-dealkylation sites (tertiary alicyclic amines) is 1. The molecule has 0 atom stereocenters. The lowest BCUT2D eigenvalue weighted by molar-refractivity contribution is -0.123. The van der Waals surface area contributed by atoms with Gasteiger partial charge in [-0.1, -0.05) is 12.1 Å². The van der Waals surface area contributed by atoms with E-state index in [4.69, 9.17) is 4.74 Å². The Labute approximate surface area is 177 Å². The molecule has 0 aliphatic carbocycles. The summed E-state index contributed by atoms with van der Waals surface area (Å²) in [5, 5.41) is 2.19. The minimum Gasteiger partial charge on any atom is -0.383 e. The van der Waals surface area contributed by atoms with E-state index in [-0.39, 0.29) is 5.92 Å². The topological polar surface area (TPSA) is 60.2 Å². The third kappa shape index (κ3) is 4.45. The van der Waals surface area contributed by atoms with Gasteiger partial charge in [0.2, 0.25) is 0 Å². The molecule has 0 bridgehead atoms. The van der Waals surface area contributed by atoms with Crippen molar-refractivity contribution in [1.29, 1.82) is 0 Å². The second-order valence-electron chi connectivity index (χ2n) is 8.24. The molecule has 3 heterocycles. The van der Waals surface area contributed by atoms with Crippen LogP contribution in [0.5, 0.6) is 0 Å². The highest BCUT2D eigenvalue weighted by Crippen LogP contribution is 2.26. The summed E-state index contributed by atoms with van der Waals surface area (Å²) in [6.45, 7) is 5.64. The van der Waals surface area contributed by atoms with Crippen LogP contribution in [-0.2, 0) is 23.0 Å². The molecule has 0 radical (unpaired) electrons. The zero-order valence-electron chi connectivity index (χ0n) is 18.1. The van der Waals surface area contributed by atoms with Gasteiger partial charge >= 0.3 is 0 Å². The van der Waals surface area contributed by atoms with Gasteiger partial charge in [0.1, 0.15) is 11.6 Å². The fourth-order valence-electron chi connectivity index (χ4n) is 4.23. The molecule has 6 heteroatoms. The minimum atomic E-state index is 0.144. The maximum atomic E-state index is 12.9. The average Bonchev–Trinajstić information content (AvgIpc) is 3.10. The van der Waals surface area contributed by atoms with Crippen molar-refractivity contribution in [3.63, 3.8) is 0 Å². The summed E-state index contributed by atoms with van der Waals surface area (Å²) in [6, 6.07) is 8.41. The molecule has 1 saturated heterocycles. The number of pyridine rings is 1. The largest absolute Gasteiger partial charge is 0.383 e. The second kappa shape index (κ2) is 9.06. The van der Waals surface area contributed by atoms with Crippen LogP contribution in [0.4, 0.5) is 0 Å². The standard InChI is InChI=1S/C24H30N4O2/c1-17-25-16-23(27(17)2)19-4-5-20-15-26-22(13-21(20)12-19)14-24(29)18-6-8-28(9-7-18)10-11-30-3/h4-5,12-13,15-16,18H,6-11,14H2,1-3H3. The minimum absolute atomic E-state index is 0.144. The number of ketones is 1. The van der Waals surface area contributed by atoms with Gasteiger partial charge < -0.3 is 14.2 Å². The Balaban J connectivity index is 1.45. The summed E-state index contributed by atoms with van der Waals surface area (Å²) in [6.07, 6.45) is 6.05. The molecule has 0 N–H and O–H groups in total. The molecule has 1 aromatic carbocycles. The lowest BCUT2D eigenvalue weighted by Crippen LogP contribution is -2.38. The Kier molecular flexibility index (Phi) is 6.25. The van der Waals surface area contributed by atoms with E-state index in [1.165, 1.54) is 0 Å². The number of carbonyl (C=O) groups is 1. The highest BCUT2D eigenvalue weighted by molar-refractivity contribution is 5.88. The normalized spacial score (nSPS) is 15.7. The number of piperidine rings is 1. The maximum Gasteiger partial charge on any atom is 0.142 e. The molecular formula is C24H30N4O2. The van der Waals surface area contributed by atoms with Gasteiger partial charge in [0.25, 0.3) is 0 Å². The Hall–Kier alpha value is -2.57. The Bertz CT molecular complexity index is 1030. The van der Waals surface area contributed by atoms with Gasteiger partial charge in [0.05, 0.1) is 18.5 Å². The quantitative estimate of drug-likeness (QED) is 0.602. The predicted molar refractivity (Wildman–Crippen MR) is 118 cm³/mol. The van der Waals surface area contributed by atoms with Gasteiger partial charge in [-0.05, 0) is 50.4 Å². The number of ether oxygens (including phenoxy) is 1. The Morgan fingerprint density at radius 3 is 2.63 bits per heavy atom. The summed E-state index contributed by atoms with van der Waals surface area (Å²) < 4.78 is 7.24. The number of hydrogen-bond acceptors (Lipinski definition) is 5. The molecule has 30 heavy (non-hydrogen) atoms. The molecule has 2 aromatic heterocycles. The summed E-state index contributed by atoms with van der Waals surface area (Å²) >= 11 is 0. The first-order valence-corrected chi connectivity index (χ1v) is 10.7. The number of methoxy groups -OCH3 is 1. The summed E-state index contributed by atoms with van der Waals surface area (Å²) in [5.41, 5.74) is 3.06. The summed E-state index contributed by atoms with van der Waals surface area (Å²) in [4.78, 5) is 24.2. The van der Waals surface area contributed by atoms with E-state index in [1.807, 2.05) is 26.4 Å². The van der Waals surface area contributed by atoms with E-state index in [1.54, 1.807) is 7.11 Å². The highest BCUT2D eigenvalue weighted by Gasteiger charge is 2.25. The smallest absolute Gasteiger partial charge is 0.142 e. The first-order chi connectivity index (χ1) is 14.5. The van der Waals surface area contributed by atoms with Crippen molar-refractivity contribution in [1.82, 2.24) is 19.4 Å². The zero-order valence-corrected chi connectivity index (χ0v) is 18.1. The summed E-state index contributed by atoms with van der Waals surface area (Å²) in [5.74, 6) is 1.44. The van der Waals surface area contributed by atoms with Crippen LogP contribution in [0, 0.1) is 12.8 Å². The van der Waals surface area contributed by atoms with Crippen LogP contribution < -0.4 is 0 Å². The maximum absolute atomic E-state index is 12.9. The van der Waals surface area contributed by atoms with Crippen molar-refractivity contribution in [2.75, 3.05) is 33.4 Å². The Morgan fingerprint density at radius 2 is 1.93 bits per heavy atom. The number of nitrogens with zero attached hydrogens (tertiary/aromatic N) is 4. The molecule has 1 fully saturated rings. The van der Waals surface area contributed by atoms with Gasteiger partial charge in [0.15, 0.2) is 0 Å². The van der Waals surface area contributed by atoms with Crippen LogP contribution in [-0.4, -0.2) is 58.6 Å². The molecule has 1 aliphatic heterocycles. The molecule has 3 aromatic rings. The zero-order chi connectivity index (χ0) is 21.1. The van der Waals surface area contributed by atoms with E-state index < -0.39 is 0 Å². The van der Waals surface area contributed by atoms with Crippen LogP contribution in [0.15, 0.2) is 36.7 Å². The van der Waals surface area contributed by atoms with E-state index in [9.17, 15) is 4.79 Å². The molecule has 0 unspecified atom stereocenters. The molecular weight excluding hydrogens is 376 g/mol. The summed E-state index contributed by atoms with van der Waals surface area (Å²) in [7, 11) is 3.76. The van der Waals surface area contributed by atoms with Crippen LogP contribution in [0.2, 0.25) is 0 Å². The van der Waals surface area contributed by atoms with Crippen molar-refractivity contribution >= 4 is 16.6 Å². The molecule has 158 valence electrons. The van der Waals surface area contributed by atoms with Crippen molar-refractivity contribution in [2.45, 2.75) is 26.2 Å². The lowest BCUT2D eigenvalue weighted by Gasteiger charge is -2.30. The monoisotopic (exact) mass is 406 g/mol.